The second kappa shape index (κ2) is 9.18. The Morgan fingerprint density at radius 1 is 1.19 bits per heavy atom. The average molecular weight is 390 g/mol. The van der Waals surface area contributed by atoms with Gasteiger partial charge in [-0.05, 0) is 38.0 Å². The van der Waals surface area contributed by atoms with Crippen LogP contribution in [0.1, 0.15) is 45.9 Å². The molecule has 0 aliphatic heterocycles. The van der Waals surface area contributed by atoms with Gasteiger partial charge < -0.3 is 20.5 Å². The number of ether oxygens (including phenoxy) is 2. The zero-order chi connectivity index (χ0) is 20.0. The normalized spacial score (nSPS) is 11.5. The number of hydrogen-bond donors (Lipinski definition) is 2. The summed E-state index contributed by atoms with van der Waals surface area (Å²) in [5, 5.41) is 2.91. The molecule has 1 heterocycles. The highest BCUT2D eigenvalue weighted by atomic mass is 32.1. The highest BCUT2D eigenvalue weighted by molar-refractivity contribution is 7.18. The first-order valence-electron chi connectivity index (χ1n) is 8.51. The number of carbonyl (C=O) groups is 3. The molecule has 1 aromatic heterocycles. The van der Waals surface area contributed by atoms with Crippen molar-refractivity contribution in [2.24, 2.45) is 5.73 Å². The van der Waals surface area contributed by atoms with Crippen molar-refractivity contribution in [3.63, 3.8) is 0 Å². The van der Waals surface area contributed by atoms with Gasteiger partial charge in [0.05, 0.1) is 17.0 Å². The molecule has 3 N–H and O–H groups in total. The van der Waals surface area contributed by atoms with Gasteiger partial charge in [-0.15, -0.1) is 11.3 Å². The van der Waals surface area contributed by atoms with E-state index in [1.165, 1.54) is 0 Å². The lowest BCUT2D eigenvalue weighted by Crippen LogP contribution is -2.32. The van der Waals surface area contributed by atoms with Gasteiger partial charge >= 0.3 is 5.97 Å². The first kappa shape index (κ1) is 20.4. The predicted molar refractivity (Wildman–Crippen MR) is 103 cm³/mol. The van der Waals surface area contributed by atoms with Crippen LogP contribution in [0.4, 0.5) is 5.00 Å². The summed E-state index contributed by atoms with van der Waals surface area (Å²) in [6.45, 7) is 5.25. The molecule has 8 heteroatoms. The smallest absolute Gasteiger partial charge is 0.341 e. The lowest BCUT2D eigenvalue weighted by Gasteiger charge is -2.17. The van der Waals surface area contributed by atoms with Crippen LogP contribution in [0, 0.1) is 6.92 Å². The number of carbonyl (C=O) groups excluding carboxylic acids is 3. The van der Waals surface area contributed by atoms with Gasteiger partial charge in [0.15, 0.2) is 6.10 Å². The molecule has 0 fully saturated rings. The molecule has 27 heavy (non-hydrogen) atoms. The van der Waals surface area contributed by atoms with Crippen LogP contribution in [0.5, 0.6) is 5.75 Å². The number of rotatable bonds is 8. The van der Waals surface area contributed by atoms with Crippen molar-refractivity contribution >= 4 is 34.1 Å². The van der Waals surface area contributed by atoms with E-state index in [0.29, 0.717) is 17.7 Å². The summed E-state index contributed by atoms with van der Waals surface area (Å²) in [5.74, 6) is -1.16. The fourth-order valence-corrected chi connectivity index (χ4v) is 3.51. The molecule has 1 atom stereocenters. The van der Waals surface area contributed by atoms with Crippen molar-refractivity contribution in [1.29, 1.82) is 0 Å². The number of nitrogens with one attached hydrogen (secondary N) is 1. The molecule has 0 spiro atoms. The van der Waals surface area contributed by atoms with Crippen molar-refractivity contribution < 1.29 is 23.9 Å². The quantitative estimate of drug-likeness (QED) is 0.673. The van der Waals surface area contributed by atoms with Crippen molar-refractivity contribution in [2.45, 2.75) is 33.3 Å². The highest BCUT2D eigenvalue weighted by Crippen LogP contribution is 2.33. The van der Waals surface area contributed by atoms with E-state index in [9.17, 15) is 14.4 Å². The third-order valence-corrected chi connectivity index (χ3v) is 4.99. The minimum absolute atomic E-state index is 0.138. The van der Waals surface area contributed by atoms with Crippen LogP contribution < -0.4 is 15.8 Å². The number of thiophene rings is 1. The predicted octanol–water partition coefficient (Wildman–Crippen LogP) is 3.13. The molecule has 7 nitrogen and oxygen atoms in total. The third-order valence-electron chi connectivity index (χ3n) is 3.77. The van der Waals surface area contributed by atoms with Gasteiger partial charge in [-0.1, -0.05) is 25.1 Å². The minimum Gasteiger partial charge on any atom is -0.481 e. The van der Waals surface area contributed by atoms with Crippen LogP contribution >= 0.6 is 11.3 Å². The second-order valence-electron chi connectivity index (χ2n) is 5.66. The maximum atomic E-state index is 12.7. The molecule has 0 radical (unpaired) electrons. The summed E-state index contributed by atoms with van der Waals surface area (Å²) in [6, 6.07) is 8.96. The average Bonchev–Trinajstić information content (AvgIpc) is 2.97. The van der Waals surface area contributed by atoms with E-state index in [2.05, 4.69) is 5.32 Å². The van der Waals surface area contributed by atoms with Crippen LogP contribution in [0.2, 0.25) is 0 Å². The minimum atomic E-state index is -0.762. The van der Waals surface area contributed by atoms with E-state index in [0.717, 1.165) is 11.3 Å². The van der Waals surface area contributed by atoms with Crippen molar-refractivity contribution in [1.82, 2.24) is 0 Å². The van der Waals surface area contributed by atoms with Gasteiger partial charge in [0.2, 0.25) is 0 Å². The molecular weight excluding hydrogens is 368 g/mol. The third kappa shape index (κ3) is 4.85. The molecule has 0 aliphatic rings. The molecule has 0 saturated carbocycles. The number of nitrogens with two attached hydrogens (primary N) is 1. The molecule has 0 saturated heterocycles. The lowest BCUT2D eigenvalue weighted by molar-refractivity contribution is -0.122. The van der Waals surface area contributed by atoms with E-state index in [-0.39, 0.29) is 22.0 Å². The molecule has 2 amide bonds. The molecule has 2 aromatic rings. The molecule has 144 valence electrons. The number of amides is 2. The summed E-state index contributed by atoms with van der Waals surface area (Å²) in [5.41, 5.74) is 5.90. The molecule has 0 aliphatic carbocycles. The van der Waals surface area contributed by atoms with Crippen LogP contribution in [0.25, 0.3) is 0 Å². The molecule has 0 bridgehead atoms. The van der Waals surface area contributed by atoms with Crippen LogP contribution in [0.3, 0.4) is 0 Å². The molecule has 2 rings (SSSR count). The van der Waals surface area contributed by atoms with Crippen LogP contribution in [-0.2, 0) is 9.53 Å². The van der Waals surface area contributed by atoms with Gasteiger partial charge in [0.1, 0.15) is 10.8 Å². The van der Waals surface area contributed by atoms with Crippen molar-refractivity contribution in [3.05, 3.63) is 46.3 Å². The van der Waals surface area contributed by atoms with Crippen LogP contribution in [0.15, 0.2) is 30.3 Å². The summed E-state index contributed by atoms with van der Waals surface area (Å²) in [6.07, 6.45) is -0.343. The van der Waals surface area contributed by atoms with E-state index in [4.69, 9.17) is 15.2 Å². The zero-order valence-electron chi connectivity index (χ0n) is 15.4. The van der Waals surface area contributed by atoms with Gasteiger partial charge in [-0.3, -0.25) is 9.59 Å². The molecule has 1 aromatic carbocycles. The first-order valence-corrected chi connectivity index (χ1v) is 9.33. The Balaban J connectivity index is 2.28. The zero-order valence-corrected chi connectivity index (χ0v) is 16.2. The monoisotopic (exact) mass is 390 g/mol. The summed E-state index contributed by atoms with van der Waals surface area (Å²) in [4.78, 5) is 36.8. The largest absolute Gasteiger partial charge is 0.481 e. The number of para-hydroxylation sites is 1. The standard InChI is InChI=1S/C19H22N2O5S/c1-4-13(26-12-9-7-6-8-10-12)17(23)21-18-14(19(24)25-5-2)11(3)15(27-18)16(20)22/h6-10,13H,4-5H2,1-3H3,(H2,20,22)(H,21,23)/t13-/m0/s1. The Morgan fingerprint density at radius 2 is 1.85 bits per heavy atom. The second-order valence-corrected chi connectivity index (χ2v) is 6.68. The number of primary amides is 1. The fraction of sp³-hybridized carbons (Fsp3) is 0.316. The number of anilines is 1. The van der Waals surface area contributed by atoms with Crippen LogP contribution in [-0.4, -0.2) is 30.5 Å². The van der Waals surface area contributed by atoms with E-state index in [1.807, 2.05) is 13.0 Å². The first-order chi connectivity index (χ1) is 12.9. The van der Waals surface area contributed by atoms with Gasteiger partial charge in [0.25, 0.3) is 11.8 Å². The van der Waals surface area contributed by atoms with Gasteiger partial charge in [-0.2, -0.15) is 0 Å². The SMILES string of the molecule is CCOC(=O)c1c(NC(=O)[C@H](CC)Oc2ccccc2)sc(C(N)=O)c1C. The molecular formula is C19H22N2O5S. The summed E-state index contributed by atoms with van der Waals surface area (Å²) in [7, 11) is 0. The Labute approximate surface area is 161 Å². The van der Waals surface area contributed by atoms with E-state index in [1.54, 1.807) is 38.1 Å². The Kier molecular flexibility index (Phi) is 6.95. The lowest BCUT2D eigenvalue weighted by atomic mass is 10.1. The summed E-state index contributed by atoms with van der Waals surface area (Å²) >= 11 is 0.948. The van der Waals surface area contributed by atoms with E-state index < -0.39 is 23.9 Å². The maximum Gasteiger partial charge on any atom is 0.341 e. The van der Waals surface area contributed by atoms with Crippen molar-refractivity contribution in [2.75, 3.05) is 11.9 Å². The Hall–Kier alpha value is -2.87. The molecule has 0 unspecified atom stereocenters. The van der Waals surface area contributed by atoms with Gasteiger partial charge in [-0.25, -0.2) is 4.79 Å². The summed E-state index contributed by atoms with van der Waals surface area (Å²) < 4.78 is 10.8. The topological polar surface area (TPSA) is 108 Å². The maximum absolute atomic E-state index is 12.7. The Bertz CT molecular complexity index is 832. The van der Waals surface area contributed by atoms with Crippen molar-refractivity contribution in [3.8, 4) is 5.75 Å². The fourth-order valence-electron chi connectivity index (χ4n) is 2.46. The number of benzene rings is 1. The van der Waals surface area contributed by atoms with Gasteiger partial charge in [0, 0.05) is 0 Å². The highest BCUT2D eigenvalue weighted by Gasteiger charge is 2.28. The van der Waals surface area contributed by atoms with E-state index >= 15 is 0 Å². The Morgan fingerprint density at radius 3 is 2.41 bits per heavy atom. The number of hydrogen-bond acceptors (Lipinski definition) is 6. The number of esters is 1.